The Balaban J connectivity index is 2.70. The highest BCUT2D eigenvalue weighted by Gasteiger charge is 2.35. The Morgan fingerprint density at radius 2 is 1.77 bits per heavy atom. The van der Waals surface area contributed by atoms with Crippen molar-refractivity contribution >= 4 is 5.91 Å². The van der Waals surface area contributed by atoms with Crippen LogP contribution >= 0.6 is 0 Å². The molecule has 1 amide bonds. The van der Waals surface area contributed by atoms with Crippen LogP contribution in [0.5, 0.6) is 0 Å². The first-order chi connectivity index (χ1) is 10.3. The van der Waals surface area contributed by atoms with Gasteiger partial charge in [0.25, 0.3) is 0 Å². The van der Waals surface area contributed by atoms with E-state index in [1.54, 1.807) is 0 Å². The molecule has 1 rings (SSSR count). The van der Waals surface area contributed by atoms with Gasteiger partial charge in [-0.2, -0.15) is 0 Å². The first kappa shape index (κ1) is 19.4. The molecule has 0 aromatic rings. The summed E-state index contributed by atoms with van der Waals surface area (Å²) in [6.45, 7) is 5.71. The van der Waals surface area contributed by atoms with E-state index in [1.165, 1.54) is 13.3 Å². The van der Waals surface area contributed by atoms with E-state index in [2.05, 4.69) is 19.2 Å². The topological polar surface area (TPSA) is 95.6 Å². The minimum absolute atomic E-state index is 0.00230. The molecule has 0 aliphatic heterocycles. The summed E-state index contributed by atoms with van der Waals surface area (Å²) in [5.41, 5.74) is 6.17. The molecule has 0 heterocycles. The van der Waals surface area contributed by atoms with Crippen molar-refractivity contribution in [2.24, 2.45) is 17.6 Å². The zero-order valence-electron chi connectivity index (χ0n) is 14.3. The zero-order chi connectivity index (χ0) is 16.7. The number of hydrogen-bond acceptors (Lipinski definition) is 4. The summed E-state index contributed by atoms with van der Waals surface area (Å²) in [4.78, 5) is 12.2. The zero-order valence-corrected chi connectivity index (χ0v) is 14.3. The minimum atomic E-state index is -1.02. The molecule has 0 saturated heterocycles. The van der Waals surface area contributed by atoms with Crippen molar-refractivity contribution in [2.75, 3.05) is 0 Å². The molecule has 5 N–H and O–H groups in total. The van der Waals surface area contributed by atoms with Crippen molar-refractivity contribution in [2.45, 2.75) is 90.0 Å². The maximum atomic E-state index is 12.2. The quantitative estimate of drug-likeness (QED) is 0.547. The molecule has 5 heteroatoms. The smallest absolute Gasteiger partial charge is 0.220 e. The summed E-state index contributed by atoms with van der Waals surface area (Å²) in [5, 5.41) is 22.7. The Morgan fingerprint density at radius 1 is 1.18 bits per heavy atom. The van der Waals surface area contributed by atoms with Gasteiger partial charge < -0.3 is 21.3 Å². The molecule has 0 aromatic heterocycles. The summed E-state index contributed by atoms with van der Waals surface area (Å²) in [6, 6.07) is -0.893. The lowest BCUT2D eigenvalue weighted by Gasteiger charge is -2.37. The van der Waals surface area contributed by atoms with E-state index in [0.717, 1.165) is 32.1 Å². The average Bonchev–Trinajstić information content (AvgIpc) is 2.49. The molecule has 4 unspecified atom stereocenters. The number of hydrogen-bond donors (Lipinski definition) is 4. The van der Waals surface area contributed by atoms with Crippen molar-refractivity contribution in [3.63, 3.8) is 0 Å². The van der Waals surface area contributed by atoms with E-state index in [-0.39, 0.29) is 11.9 Å². The van der Waals surface area contributed by atoms with Gasteiger partial charge in [0.2, 0.25) is 5.91 Å². The largest absolute Gasteiger partial charge is 0.391 e. The Labute approximate surface area is 134 Å². The van der Waals surface area contributed by atoms with Crippen LogP contribution in [0, 0.1) is 11.8 Å². The third-order valence-corrected chi connectivity index (χ3v) is 4.74. The van der Waals surface area contributed by atoms with Crippen LogP contribution in [0.25, 0.3) is 0 Å². The summed E-state index contributed by atoms with van der Waals surface area (Å²) in [5.74, 6) is 0.772. The molecular weight excluding hydrogens is 280 g/mol. The van der Waals surface area contributed by atoms with Gasteiger partial charge in [-0.15, -0.1) is 0 Å². The van der Waals surface area contributed by atoms with Gasteiger partial charge in [0.05, 0.1) is 18.2 Å². The number of aliphatic hydroxyl groups excluding tert-OH is 2. The van der Waals surface area contributed by atoms with Gasteiger partial charge >= 0.3 is 0 Å². The molecule has 5 nitrogen and oxygen atoms in total. The summed E-state index contributed by atoms with van der Waals surface area (Å²) in [6.07, 6.45) is 4.96. The van der Waals surface area contributed by atoms with Crippen molar-refractivity contribution in [1.29, 1.82) is 0 Å². The third-order valence-electron chi connectivity index (χ3n) is 4.74. The number of carbonyl (C=O) groups excluding carboxylic acids is 1. The van der Waals surface area contributed by atoms with Gasteiger partial charge in [-0.25, -0.2) is 0 Å². The molecular formula is C17H34N2O3. The van der Waals surface area contributed by atoms with Crippen molar-refractivity contribution in [3.05, 3.63) is 0 Å². The normalized spacial score (nSPS) is 22.1. The molecule has 1 saturated carbocycles. The van der Waals surface area contributed by atoms with Crippen molar-refractivity contribution in [1.82, 2.24) is 5.32 Å². The van der Waals surface area contributed by atoms with Crippen LogP contribution < -0.4 is 11.1 Å². The van der Waals surface area contributed by atoms with Crippen LogP contribution in [-0.4, -0.2) is 40.4 Å². The van der Waals surface area contributed by atoms with Gasteiger partial charge in [-0.1, -0.05) is 33.1 Å². The maximum absolute atomic E-state index is 12.2. The highest BCUT2D eigenvalue weighted by Crippen LogP contribution is 2.28. The van der Waals surface area contributed by atoms with Crippen LogP contribution in [0.2, 0.25) is 0 Å². The number of nitrogens with two attached hydrogens (primary N) is 1. The van der Waals surface area contributed by atoms with E-state index < -0.39 is 18.2 Å². The fourth-order valence-electron chi connectivity index (χ4n) is 3.23. The monoisotopic (exact) mass is 314 g/mol. The molecule has 0 aromatic carbocycles. The van der Waals surface area contributed by atoms with E-state index in [0.29, 0.717) is 18.3 Å². The predicted molar refractivity (Wildman–Crippen MR) is 88.2 cm³/mol. The van der Waals surface area contributed by atoms with Crippen molar-refractivity contribution in [3.8, 4) is 0 Å². The van der Waals surface area contributed by atoms with E-state index in [9.17, 15) is 15.0 Å². The second-order valence-corrected chi connectivity index (χ2v) is 7.23. The third kappa shape index (κ3) is 6.23. The highest BCUT2D eigenvalue weighted by molar-refractivity contribution is 5.76. The number of nitrogens with one attached hydrogen (secondary N) is 1. The summed E-state index contributed by atoms with van der Waals surface area (Å²) >= 11 is 0. The Bertz CT molecular complexity index is 328. The molecule has 22 heavy (non-hydrogen) atoms. The summed E-state index contributed by atoms with van der Waals surface area (Å²) in [7, 11) is 0. The van der Waals surface area contributed by atoms with E-state index >= 15 is 0 Å². The average molecular weight is 314 g/mol. The first-order valence-corrected chi connectivity index (χ1v) is 8.74. The van der Waals surface area contributed by atoms with E-state index in [1.807, 2.05) is 0 Å². The lowest BCUT2D eigenvalue weighted by Crippen LogP contribution is -2.59. The lowest BCUT2D eigenvalue weighted by molar-refractivity contribution is -0.123. The molecule has 1 fully saturated rings. The van der Waals surface area contributed by atoms with Crippen LogP contribution in [0.4, 0.5) is 0 Å². The maximum Gasteiger partial charge on any atom is 0.220 e. The van der Waals surface area contributed by atoms with Crippen LogP contribution in [-0.2, 0) is 4.79 Å². The van der Waals surface area contributed by atoms with Crippen molar-refractivity contribution < 1.29 is 15.0 Å². The van der Waals surface area contributed by atoms with Gasteiger partial charge in [0.1, 0.15) is 0 Å². The molecule has 0 spiro atoms. The van der Waals surface area contributed by atoms with Gasteiger partial charge in [0, 0.05) is 12.5 Å². The molecule has 130 valence electrons. The Hall–Kier alpha value is -0.650. The van der Waals surface area contributed by atoms with Gasteiger partial charge in [0.15, 0.2) is 0 Å². The minimum Gasteiger partial charge on any atom is -0.391 e. The lowest BCUT2D eigenvalue weighted by atomic mass is 9.79. The number of aliphatic hydroxyl groups is 2. The van der Waals surface area contributed by atoms with Crippen LogP contribution in [0.1, 0.15) is 65.7 Å². The number of amides is 1. The fourth-order valence-corrected chi connectivity index (χ4v) is 3.23. The summed E-state index contributed by atoms with van der Waals surface area (Å²) < 4.78 is 0. The number of carbonyl (C=O) groups is 1. The second-order valence-electron chi connectivity index (χ2n) is 7.23. The van der Waals surface area contributed by atoms with Gasteiger partial charge in [-0.05, 0) is 38.0 Å². The van der Waals surface area contributed by atoms with Crippen LogP contribution in [0.15, 0.2) is 0 Å². The van der Waals surface area contributed by atoms with Crippen LogP contribution in [0.3, 0.4) is 0 Å². The molecule has 1 aliphatic rings. The second kappa shape index (κ2) is 9.48. The van der Waals surface area contributed by atoms with Gasteiger partial charge in [-0.3, -0.25) is 4.79 Å². The SMILES string of the molecule is CC(C)CCC(=O)NC(C1CCCCC1)C(N)C(O)C(C)O. The molecule has 0 bridgehead atoms. The molecule has 4 atom stereocenters. The Kier molecular flexibility index (Phi) is 8.36. The molecule has 0 radical (unpaired) electrons. The first-order valence-electron chi connectivity index (χ1n) is 8.74. The fraction of sp³-hybridized carbons (Fsp3) is 0.941. The van der Waals surface area contributed by atoms with E-state index in [4.69, 9.17) is 5.73 Å². The standard InChI is InChI=1S/C17H34N2O3/c1-11(2)9-10-14(21)19-16(13-7-5-4-6-8-13)15(18)17(22)12(3)20/h11-13,15-17,20,22H,4-10,18H2,1-3H3,(H,19,21). The predicted octanol–water partition coefficient (Wildman–Crippen LogP) is 1.56. The number of rotatable bonds is 8. The Morgan fingerprint density at radius 3 is 2.27 bits per heavy atom. The highest BCUT2D eigenvalue weighted by atomic mass is 16.3. The molecule has 1 aliphatic carbocycles.